The van der Waals surface area contributed by atoms with Gasteiger partial charge in [0.15, 0.2) is 0 Å². The van der Waals surface area contributed by atoms with E-state index in [-0.39, 0.29) is 0 Å². The van der Waals surface area contributed by atoms with Crippen LogP contribution in [0.1, 0.15) is 36.8 Å². The largest absolute Gasteiger partial charge is 0.380 e. The van der Waals surface area contributed by atoms with Gasteiger partial charge in [-0.05, 0) is 68.6 Å². The summed E-state index contributed by atoms with van der Waals surface area (Å²) < 4.78 is 1.04. The van der Waals surface area contributed by atoms with E-state index < -0.39 is 5.60 Å². The number of hydrogen-bond acceptors (Lipinski definition) is 2. The van der Waals surface area contributed by atoms with Gasteiger partial charge in [-0.15, -0.1) is 0 Å². The van der Waals surface area contributed by atoms with E-state index in [1.807, 2.05) is 54.6 Å². The molecule has 122 valence electrons. The summed E-state index contributed by atoms with van der Waals surface area (Å²) in [7, 11) is 0. The molecule has 1 heterocycles. The molecular weight excluding hydrogens is 350 g/mol. The van der Waals surface area contributed by atoms with Crippen LogP contribution in [0.25, 0.3) is 0 Å². The summed E-state index contributed by atoms with van der Waals surface area (Å²) in [6.07, 6.45) is 4.38. The van der Waals surface area contributed by atoms with E-state index in [1.165, 1.54) is 25.9 Å². The molecular formula is C20H24BrNO. The molecule has 0 amide bonds. The highest BCUT2D eigenvalue weighted by atomic mass is 79.9. The number of aliphatic hydroxyl groups is 1. The SMILES string of the molecule is OC(CCCN1CCCC1)(c1ccccc1)c1ccc(Br)cc1. The van der Waals surface area contributed by atoms with E-state index in [4.69, 9.17) is 0 Å². The topological polar surface area (TPSA) is 23.5 Å². The maximum Gasteiger partial charge on any atom is 0.115 e. The molecule has 0 aromatic heterocycles. The minimum Gasteiger partial charge on any atom is -0.380 e. The molecule has 0 bridgehead atoms. The minimum atomic E-state index is -0.915. The normalized spacial score (nSPS) is 18.0. The molecule has 0 saturated carbocycles. The molecule has 0 radical (unpaired) electrons. The molecule has 1 atom stereocenters. The van der Waals surface area contributed by atoms with Crippen LogP contribution in [0, 0.1) is 0 Å². The molecule has 2 aromatic carbocycles. The van der Waals surface area contributed by atoms with Crippen LogP contribution in [0.2, 0.25) is 0 Å². The zero-order valence-electron chi connectivity index (χ0n) is 13.4. The van der Waals surface area contributed by atoms with Crippen LogP contribution >= 0.6 is 15.9 Å². The summed E-state index contributed by atoms with van der Waals surface area (Å²) in [5, 5.41) is 11.5. The summed E-state index contributed by atoms with van der Waals surface area (Å²) in [5.74, 6) is 0. The van der Waals surface area contributed by atoms with Gasteiger partial charge in [0.2, 0.25) is 0 Å². The van der Waals surface area contributed by atoms with Crippen LogP contribution in [-0.2, 0) is 5.60 Å². The zero-order valence-corrected chi connectivity index (χ0v) is 15.0. The second-order valence-corrected chi connectivity index (χ2v) is 7.30. The Balaban J connectivity index is 1.79. The van der Waals surface area contributed by atoms with Crippen molar-refractivity contribution < 1.29 is 5.11 Å². The van der Waals surface area contributed by atoms with Crippen molar-refractivity contribution >= 4 is 15.9 Å². The first kappa shape index (κ1) is 16.7. The van der Waals surface area contributed by atoms with Crippen LogP contribution < -0.4 is 0 Å². The van der Waals surface area contributed by atoms with E-state index in [0.717, 1.165) is 35.0 Å². The molecule has 0 spiro atoms. The van der Waals surface area contributed by atoms with Crippen molar-refractivity contribution in [2.75, 3.05) is 19.6 Å². The molecule has 2 aromatic rings. The minimum absolute atomic E-state index is 0.745. The van der Waals surface area contributed by atoms with Gasteiger partial charge < -0.3 is 10.0 Å². The first-order valence-electron chi connectivity index (χ1n) is 8.45. The van der Waals surface area contributed by atoms with Crippen molar-refractivity contribution in [3.8, 4) is 0 Å². The predicted molar refractivity (Wildman–Crippen MR) is 98.5 cm³/mol. The number of rotatable bonds is 6. The van der Waals surface area contributed by atoms with Gasteiger partial charge in [-0.2, -0.15) is 0 Å². The lowest BCUT2D eigenvalue weighted by atomic mass is 9.82. The third-order valence-electron chi connectivity index (χ3n) is 4.78. The van der Waals surface area contributed by atoms with Crippen molar-refractivity contribution in [3.63, 3.8) is 0 Å². The highest BCUT2D eigenvalue weighted by Crippen LogP contribution is 2.34. The van der Waals surface area contributed by atoms with Gasteiger partial charge in [0.1, 0.15) is 5.60 Å². The van der Waals surface area contributed by atoms with E-state index in [2.05, 4.69) is 20.8 Å². The lowest BCUT2D eigenvalue weighted by Crippen LogP contribution is -2.29. The molecule has 3 heteroatoms. The molecule has 1 aliphatic heterocycles. The van der Waals surface area contributed by atoms with E-state index in [0.29, 0.717) is 0 Å². The van der Waals surface area contributed by atoms with Crippen molar-refractivity contribution in [3.05, 3.63) is 70.2 Å². The Morgan fingerprint density at radius 1 is 0.913 bits per heavy atom. The molecule has 23 heavy (non-hydrogen) atoms. The van der Waals surface area contributed by atoms with Crippen LogP contribution in [-0.4, -0.2) is 29.6 Å². The molecule has 3 rings (SSSR count). The quantitative estimate of drug-likeness (QED) is 0.801. The molecule has 1 aliphatic rings. The number of likely N-dealkylation sites (tertiary alicyclic amines) is 1. The van der Waals surface area contributed by atoms with Gasteiger partial charge >= 0.3 is 0 Å². The zero-order chi connectivity index (χ0) is 16.1. The smallest absolute Gasteiger partial charge is 0.115 e. The lowest BCUT2D eigenvalue weighted by Gasteiger charge is -2.30. The highest BCUT2D eigenvalue weighted by Gasteiger charge is 2.31. The fraction of sp³-hybridized carbons (Fsp3) is 0.400. The monoisotopic (exact) mass is 373 g/mol. The average Bonchev–Trinajstić information content (AvgIpc) is 3.09. The van der Waals surface area contributed by atoms with Crippen LogP contribution in [0.4, 0.5) is 0 Å². The Bertz CT molecular complexity index is 607. The molecule has 1 unspecified atom stereocenters. The van der Waals surface area contributed by atoms with Gasteiger partial charge in [0.05, 0.1) is 0 Å². The average molecular weight is 374 g/mol. The lowest BCUT2D eigenvalue weighted by molar-refractivity contribution is 0.0656. The summed E-state index contributed by atoms with van der Waals surface area (Å²) in [6, 6.07) is 18.1. The van der Waals surface area contributed by atoms with Crippen molar-refractivity contribution in [2.45, 2.75) is 31.3 Å². The fourth-order valence-corrected chi connectivity index (χ4v) is 3.72. The first-order valence-corrected chi connectivity index (χ1v) is 9.24. The van der Waals surface area contributed by atoms with Gasteiger partial charge in [-0.3, -0.25) is 0 Å². The molecule has 0 aliphatic carbocycles. The number of nitrogens with zero attached hydrogens (tertiary/aromatic N) is 1. The standard InChI is InChI=1S/C20H24BrNO/c21-19-11-9-18(10-12-19)20(23,17-7-2-1-3-8-17)13-6-16-22-14-4-5-15-22/h1-3,7-12,23H,4-6,13-16H2. The fourth-order valence-electron chi connectivity index (χ4n) is 3.46. The van der Waals surface area contributed by atoms with Crippen molar-refractivity contribution in [1.82, 2.24) is 4.90 Å². The van der Waals surface area contributed by atoms with Crippen molar-refractivity contribution in [1.29, 1.82) is 0 Å². The molecule has 1 N–H and O–H groups in total. The van der Waals surface area contributed by atoms with Gasteiger partial charge in [-0.1, -0.05) is 58.4 Å². The van der Waals surface area contributed by atoms with Crippen LogP contribution in [0.15, 0.2) is 59.1 Å². The number of benzene rings is 2. The van der Waals surface area contributed by atoms with Crippen LogP contribution in [0.3, 0.4) is 0 Å². The molecule has 1 fully saturated rings. The summed E-state index contributed by atoms with van der Waals surface area (Å²) in [5.41, 5.74) is 1.03. The second kappa shape index (κ2) is 7.61. The Labute approximate surface area is 147 Å². The van der Waals surface area contributed by atoms with Gasteiger partial charge in [0, 0.05) is 4.47 Å². The van der Waals surface area contributed by atoms with Crippen LogP contribution in [0.5, 0.6) is 0 Å². The summed E-state index contributed by atoms with van der Waals surface area (Å²) in [6.45, 7) is 3.50. The Hall–Kier alpha value is -1.16. The summed E-state index contributed by atoms with van der Waals surface area (Å²) in [4.78, 5) is 2.51. The van der Waals surface area contributed by atoms with Gasteiger partial charge in [-0.25, -0.2) is 0 Å². The highest BCUT2D eigenvalue weighted by molar-refractivity contribution is 9.10. The molecule has 1 saturated heterocycles. The Morgan fingerprint density at radius 2 is 1.52 bits per heavy atom. The summed E-state index contributed by atoms with van der Waals surface area (Å²) >= 11 is 3.48. The second-order valence-electron chi connectivity index (χ2n) is 6.39. The third-order valence-corrected chi connectivity index (χ3v) is 5.31. The van der Waals surface area contributed by atoms with Crippen molar-refractivity contribution in [2.24, 2.45) is 0 Å². The van der Waals surface area contributed by atoms with E-state index >= 15 is 0 Å². The van der Waals surface area contributed by atoms with Gasteiger partial charge in [0.25, 0.3) is 0 Å². The predicted octanol–water partition coefficient (Wildman–Crippen LogP) is 4.56. The maximum atomic E-state index is 11.5. The number of hydrogen-bond donors (Lipinski definition) is 1. The maximum absolute atomic E-state index is 11.5. The van der Waals surface area contributed by atoms with E-state index in [1.54, 1.807) is 0 Å². The third kappa shape index (κ3) is 4.03. The number of halogens is 1. The molecule has 2 nitrogen and oxygen atoms in total. The Morgan fingerprint density at radius 3 is 2.17 bits per heavy atom. The first-order chi connectivity index (χ1) is 11.2. The Kier molecular flexibility index (Phi) is 5.52. The van der Waals surface area contributed by atoms with E-state index in [9.17, 15) is 5.11 Å².